The Morgan fingerprint density at radius 1 is 1.33 bits per heavy atom. The van der Waals surface area contributed by atoms with Gasteiger partial charge in [0.1, 0.15) is 0 Å². The average molecular weight is 371 g/mol. The zero-order chi connectivity index (χ0) is 16.4. The van der Waals surface area contributed by atoms with Gasteiger partial charge in [-0.15, -0.1) is 12.4 Å². The van der Waals surface area contributed by atoms with Gasteiger partial charge < -0.3 is 10.2 Å². The summed E-state index contributed by atoms with van der Waals surface area (Å²) in [6.07, 6.45) is 5.67. The summed E-state index contributed by atoms with van der Waals surface area (Å²) in [4.78, 5) is 15.2. The molecule has 0 heterocycles. The molecule has 24 heavy (non-hydrogen) atoms. The van der Waals surface area contributed by atoms with Crippen molar-refractivity contribution in [2.75, 3.05) is 27.2 Å². The van der Waals surface area contributed by atoms with E-state index in [1.807, 2.05) is 31.1 Å². The molecule has 0 aromatic heterocycles. The summed E-state index contributed by atoms with van der Waals surface area (Å²) in [5.41, 5.74) is 1.04. The first-order chi connectivity index (χ1) is 11.0. The summed E-state index contributed by atoms with van der Waals surface area (Å²) in [7, 11) is 3.88. The summed E-state index contributed by atoms with van der Waals surface area (Å²) in [5, 5.41) is 3.90. The molecule has 0 saturated heterocycles. The van der Waals surface area contributed by atoms with Crippen molar-refractivity contribution in [1.29, 1.82) is 0 Å². The van der Waals surface area contributed by atoms with Crippen LogP contribution < -0.4 is 5.32 Å². The highest BCUT2D eigenvalue weighted by Crippen LogP contribution is 2.58. The molecule has 0 radical (unpaired) electrons. The molecule has 1 N–H and O–H groups in total. The smallest absolute Gasteiger partial charge is 0.229 e. The van der Waals surface area contributed by atoms with E-state index >= 15 is 0 Å². The molecule has 3 rings (SSSR count). The third kappa shape index (κ3) is 3.74. The van der Waals surface area contributed by atoms with Crippen molar-refractivity contribution in [1.82, 2.24) is 10.2 Å². The van der Waals surface area contributed by atoms with Gasteiger partial charge >= 0.3 is 0 Å². The number of nitrogens with zero attached hydrogens (tertiary/aromatic N) is 1. The van der Waals surface area contributed by atoms with Gasteiger partial charge in [0, 0.05) is 25.2 Å². The minimum atomic E-state index is -0.195. The number of hydrogen-bond acceptors (Lipinski definition) is 2. The molecule has 1 aromatic carbocycles. The van der Waals surface area contributed by atoms with Gasteiger partial charge in [0.2, 0.25) is 5.91 Å². The lowest BCUT2D eigenvalue weighted by atomic mass is 9.68. The highest BCUT2D eigenvalue weighted by molar-refractivity contribution is 6.30. The lowest BCUT2D eigenvalue weighted by Gasteiger charge is -2.39. The molecule has 3 atom stereocenters. The maximum atomic E-state index is 13.3. The SMILES string of the molecule is CNCCN(C)C(=O)C1(Cc2ccc(Cl)cc2)CC2CCC1C2.Cl. The van der Waals surface area contributed by atoms with Crippen LogP contribution in [0.2, 0.25) is 5.02 Å². The normalized spacial score (nSPS) is 27.8. The van der Waals surface area contributed by atoms with E-state index in [2.05, 4.69) is 17.4 Å². The van der Waals surface area contributed by atoms with Gasteiger partial charge in [-0.25, -0.2) is 0 Å². The van der Waals surface area contributed by atoms with Crippen molar-refractivity contribution in [3.05, 3.63) is 34.9 Å². The van der Waals surface area contributed by atoms with E-state index in [0.717, 1.165) is 36.9 Å². The van der Waals surface area contributed by atoms with Gasteiger partial charge in [-0.3, -0.25) is 4.79 Å². The number of fused-ring (bicyclic) bond motifs is 2. The standard InChI is InChI=1S/C19H27ClN2O.ClH/c1-21-9-10-22(2)18(23)19(13-15-3-6-16(19)11-15)12-14-4-7-17(20)8-5-14;/h4-5,7-8,15-16,21H,3,6,9-13H2,1-2H3;1H. The minimum absolute atomic E-state index is 0. The molecule has 5 heteroatoms. The number of nitrogens with one attached hydrogen (secondary N) is 1. The highest BCUT2D eigenvalue weighted by atomic mass is 35.5. The van der Waals surface area contributed by atoms with E-state index in [9.17, 15) is 4.79 Å². The lowest BCUT2D eigenvalue weighted by Crippen LogP contribution is -2.48. The number of amides is 1. The molecule has 2 bridgehead atoms. The van der Waals surface area contributed by atoms with Crippen LogP contribution in [0.15, 0.2) is 24.3 Å². The van der Waals surface area contributed by atoms with E-state index in [-0.39, 0.29) is 17.8 Å². The molecule has 2 aliphatic rings. The Balaban J connectivity index is 0.00000208. The summed E-state index contributed by atoms with van der Waals surface area (Å²) >= 11 is 6.01. The van der Waals surface area contributed by atoms with Gasteiger partial charge in [-0.05, 0) is 62.3 Å². The minimum Gasteiger partial charge on any atom is -0.344 e. The van der Waals surface area contributed by atoms with Gasteiger partial charge in [0.05, 0.1) is 5.41 Å². The van der Waals surface area contributed by atoms with Gasteiger partial charge in [-0.1, -0.05) is 30.2 Å². The van der Waals surface area contributed by atoms with Crippen molar-refractivity contribution in [2.24, 2.45) is 17.3 Å². The number of carbonyl (C=O) groups excluding carboxylic acids is 1. The molecule has 2 aliphatic carbocycles. The van der Waals surface area contributed by atoms with Crippen molar-refractivity contribution >= 4 is 29.9 Å². The second-order valence-electron chi connectivity index (χ2n) is 7.37. The van der Waals surface area contributed by atoms with E-state index in [0.29, 0.717) is 11.8 Å². The maximum absolute atomic E-state index is 13.3. The van der Waals surface area contributed by atoms with Gasteiger partial charge in [-0.2, -0.15) is 0 Å². The number of likely N-dealkylation sites (N-methyl/N-ethyl adjacent to an activating group) is 2. The number of carbonyl (C=O) groups is 1. The first-order valence-electron chi connectivity index (χ1n) is 8.70. The van der Waals surface area contributed by atoms with Crippen LogP contribution in [0.4, 0.5) is 0 Å². The van der Waals surface area contributed by atoms with Crippen LogP contribution in [-0.4, -0.2) is 38.0 Å². The van der Waals surface area contributed by atoms with Crippen molar-refractivity contribution in [2.45, 2.75) is 32.1 Å². The lowest BCUT2D eigenvalue weighted by molar-refractivity contribution is -0.144. The Hall–Kier alpha value is -0.770. The zero-order valence-electron chi connectivity index (χ0n) is 14.6. The molecule has 1 amide bonds. The molecule has 2 saturated carbocycles. The van der Waals surface area contributed by atoms with Gasteiger partial charge in [0.15, 0.2) is 0 Å². The predicted octanol–water partition coefficient (Wildman–Crippen LogP) is 3.79. The van der Waals surface area contributed by atoms with E-state index in [1.165, 1.54) is 24.8 Å². The van der Waals surface area contributed by atoms with E-state index < -0.39 is 0 Å². The van der Waals surface area contributed by atoms with Crippen molar-refractivity contribution < 1.29 is 4.79 Å². The fourth-order valence-electron chi connectivity index (χ4n) is 4.73. The molecule has 134 valence electrons. The van der Waals surface area contributed by atoms with Gasteiger partial charge in [0.25, 0.3) is 0 Å². The molecular formula is C19H28Cl2N2O. The molecule has 1 aromatic rings. The Bertz CT molecular complexity index is 563. The Morgan fingerprint density at radius 3 is 2.58 bits per heavy atom. The molecule has 2 fully saturated rings. The van der Waals surface area contributed by atoms with Crippen LogP contribution in [-0.2, 0) is 11.2 Å². The summed E-state index contributed by atoms with van der Waals surface area (Å²) in [5.74, 6) is 1.64. The number of benzene rings is 1. The molecular weight excluding hydrogens is 343 g/mol. The average Bonchev–Trinajstić information content (AvgIpc) is 3.15. The second-order valence-corrected chi connectivity index (χ2v) is 7.81. The number of halogens is 2. The first-order valence-corrected chi connectivity index (χ1v) is 9.07. The Kier molecular flexibility index (Phi) is 6.58. The quantitative estimate of drug-likeness (QED) is 0.825. The Labute approximate surface area is 156 Å². The zero-order valence-corrected chi connectivity index (χ0v) is 16.1. The fourth-order valence-corrected chi connectivity index (χ4v) is 4.85. The third-order valence-electron chi connectivity index (χ3n) is 5.88. The molecule has 0 spiro atoms. The van der Waals surface area contributed by atoms with Crippen LogP contribution >= 0.6 is 24.0 Å². The summed E-state index contributed by atoms with van der Waals surface area (Å²) in [6, 6.07) is 8.04. The van der Waals surface area contributed by atoms with E-state index in [1.54, 1.807) is 0 Å². The number of hydrogen-bond donors (Lipinski definition) is 1. The second kappa shape index (κ2) is 8.07. The largest absolute Gasteiger partial charge is 0.344 e. The predicted molar refractivity (Wildman–Crippen MR) is 102 cm³/mol. The van der Waals surface area contributed by atoms with Crippen molar-refractivity contribution in [3.63, 3.8) is 0 Å². The molecule has 0 aliphatic heterocycles. The van der Waals surface area contributed by atoms with Crippen molar-refractivity contribution in [3.8, 4) is 0 Å². The first kappa shape index (κ1) is 19.6. The van der Waals surface area contributed by atoms with Crippen LogP contribution in [0, 0.1) is 17.3 Å². The summed E-state index contributed by atoms with van der Waals surface area (Å²) in [6.45, 7) is 1.61. The summed E-state index contributed by atoms with van der Waals surface area (Å²) < 4.78 is 0. The maximum Gasteiger partial charge on any atom is 0.229 e. The van der Waals surface area contributed by atoms with Crippen LogP contribution in [0.1, 0.15) is 31.2 Å². The fraction of sp³-hybridized carbons (Fsp3) is 0.632. The Morgan fingerprint density at radius 2 is 2.04 bits per heavy atom. The molecule has 3 nitrogen and oxygen atoms in total. The monoisotopic (exact) mass is 370 g/mol. The molecule has 3 unspecified atom stereocenters. The highest BCUT2D eigenvalue weighted by Gasteiger charge is 2.55. The number of rotatable bonds is 6. The third-order valence-corrected chi connectivity index (χ3v) is 6.13. The van der Waals surface area contributed by atoms with Crippen LogP contribution in [0.5, 0.6) is 0 Å². The van der Waals surface area contributed by atoms with E-state index in [4.69, 9.17) is 11.6 Å². The van der Waals surface area contributed by atoms with Crippen LogP contribution in [0.3, 0.4) is 0 Å². The van der Waals surface area contributed by atoms with Crippen LogP contribution in [0.25, 0.3) is 0 Å². The topological polar surface area (TPSA) is 32.3 Å².